The van der Waals surface area contributed by atoms with Crippen LogP contribution in [0.3, 0.4) is 0 Å². The Morgan fingerprint density at radius 3 is 2.83 bits per heavy atom. The summed E-state index contributed by atoms with van der Waals surface area (Å²) < 4.78 is 0. The zero-order valence-corrected chi connectivity index (χ0v) is 6.98. The van der Waals surface area contributed by atoms with Crippen molar-refractivity contribution < 1.29 is 0 Å². The van der Waals surface area contributed by atoms with E-state index < -0.39 is 0 Å². The molecule has 4 N–H and O–H groups in total. The predicted molar refractivity (Wildman–Crippen MR) is 50.8 cm³/mol. The fraction of sp³-hybridized carbons (Fsp3) is 0.500. The van der Waals surface area contributed by atoms with Crippen LogP contribution in [-0.4, -0.2) is 12.2 Å². The van der Waals surface area contributed by atoms with E-state index in [1.54, 1.807) is 0 Å². The van der Waals surface area contributed by atoms with Crippen molar-refractivity contribution in [3.63, 3.8) is 0 Å². The lowest BCUT2D eigenvalue weighted by atomic mass is 9.96. The zero-order chi connectivity index (χ0) is 8.81. The Bertz CT molecular complexity index is 213. The molecular formula is C8H14N4. The second-order valence-corrected chi connectivity index (χ2v) is 2.83. The summed E-state index contributed by atoms with van der Waals surface area (Å²) in [5.41, 5.74) is 10.2. The third-order valence-electron chi connectivity index (χ3n) is 1.76. The summed E-state index contributed by atoms with van der Waals surface area (Å²) in [7, 11) is 0. The molecule has 0 aromatic carbocycles. The minimum atomic E-state index is 0.0117. The Morgan fingerprint density at radius 2 is 2.25 bits per heavy atom. The maximum atomic E-state index is 5.11. The lowest BCUT2D eigenvalue weighted by molar-refractivity contribution is 0.626. The smallest absolute Gasteiger partial charge is 0.211 e. The van der Waals surface area contributed by atoms with Crippen molar-refractivity contribution in [3.05, 3.63) is 12.2 Å². The van der Waals surface area contributed by atoms with Crippen molar-refractivity contribution in [1.29, 1.82) is 0 Å². The van der Waals surface area contributed by atoms with E-state index in [4.69, 9.17) is 11.5 Å². The molecule has 0 saturated carbocycles. The molecule has 0 radical (unpaired) electrons. The Labute approximate surface area is 72.0 Å². The van der Waals surface area contributed by atoms with Crippen molar-refractivity contribution in [2.45, 2.75) is 19.3 Å². The van der Waals surface area contributed by atoms with Gasteiger partial charge in [-0.2, -0.15) is 5.10 Å². The highest BCUT2D eigenvalue weighted by Crippen LogP contribution is 2.15. The van der Waals surface area contributed by atoms with E-state index in [1.165, 1.54) is 0 Å². The first-order valence-corrected chi connectivity index (χ1v) is 4.06. The Morgan fingerprint density at radius 1 is 1.42 bits per heavy atom. The molecule has 4 heteroatoms. The molecule has 1 rings (SSSR count). The average molecular weight is 166 g/mol. The van der Waals surface area contributed by atoms with E-state index in [9.17, 15) is 0 Å². The standard InChI is InChI=1S/C8H14N4/c9-8(10)12-11-6-7-4-2-1-3-5-7/h1-2,6-7H,3-5H2,(H4,9,10,12)/t7-/m1/s1. The zero-order valence-electron chi connectivity index (χ0n) is 6.98. The number of allylic oxidation sites excluding steroid dienone is 2. The van der Waals surface area contributed by atoms with Crippen LogP contribution in [0.5, 0.6) is 0 Å². The molecule has 0 heterocycles. The second-order valence-electron chi connectivity index (χ2n) is 2.83. The molecule has 12 heavy (non-hydrogen) atoms. The molecule has 0 aliphatic heterocycles. The minimum Gasteiger partial charge on any atom is -0.369 e. The Hall–Kier alpha value is -1.32. The highest BCUT2D eigenvalue weighted by Gasteiger charge is 2.05. The van der Waals surface area contributed by atoms with Crippen molar-refractivity contribution in [2.24, 2.45) is 27.6 Å². The van der Waals surface area contributed by atoms with Gasteiger partial charge in [0.05, 0.1) is 0 Å². The van der Waals surface area contributed by atoms with E-state index in [-0.39, 0.29) is 5.96 Å². The van der Waals surface area contributed by atoms with Gasteiger partial charge in [0.25, 0.3) is 0 Å². The molecule has 1 atom stereocenters. The highest BCUT2D eigenvalue weighted by atomic mass is 15.3. The van der Waals surface area contributed by atoms with Crippen LogP contribution in [-0.2, 0) is 0 Å². The van der Waals surface area contributed by atoms with Gasteiger partial charge in [-0.3, -0.25) is 0 Å². The molecule has 0 fully saturated rings. The lowest BCUT2D eigenvalue weighted by Crippen LogP contribution is -2.21. The molecule has 0 amide bonds. The lowest BCUT2D eigenvalue weighted by Gasteiger charge is -2.10. The number of nitrogens with two attached hydrogens (primary N) is 2. The van der Waals surface area contributed by atoms with Gasteiger partial charge in [-0.25, -0.2) is 0 Å². The first-order valence-electron chi connectivity index (χ1n) is 4.06. The predicted octanol–water partition coefficient (Wildman–Crippen LogP) is 0.602. The number of nitrogens with zero attached hydrogens (tertiary/aromatic N) is 2. The molecule has 1 aliphatic rings. The molecular weight excluding hydrogens is 152 g/mol. The van der Waals surface area contributed by atoms with Crippen molar-refractivity contribution >= 4 is 12.2 Å². The number of hydrogen-bond acceptors (Lipinski definition) is 2. The van der Waals surface area contributed by atoms with Gasteiger partial charge in [-0.05, 0) is 25.2 Å². The summed E-state index contributed by atoms with van der Waals surface area (Å²) in [6.07, 6.45) is 9.46. The van der Waals surface area contributed by atoms with Crippen LogP contribution in [0.1, 0.15) is 19.3 Å². The molecule has 0 bridgehead atoms. The quantitative estimate of drug-likeness (QED) is 0.273. The summed E-state index contributed by atoms with van der Waals surface area (Å²) in [6.45, 7) is 0. The Balaban J connectivity index is 2.35. The van der Waals surface area contributed by atoms with E-state index in [0.29, 0.717) is 5.92 Å². The van der Waals surface area contributed by atoms with Crippen LogP contribution in [0.2, 0.25) is 0 Å². The van der Waals surface area contributed by atoms with E-state index >= 15 is 0 Å². The normalized spacial score (nSPS) is 22.8. The molecule has 0 unspecified atom stereocenters. The third kappa shape index (κ3) is 3.18. The molecule has 0 aromatic rings. The fourth-order valence-corrected chi connectivity index (χ4v) is 1.15. The summed E-state index contributed by atoms with van der Waals surface area (Å²) >= 11 is 0. The molecule has 0 spiro atoms. The van der Waals surface area contributed by atoms with E-state index in [1.807, 2.05) is 6.21 Å². The average Bonchev–Trinajstić information content (AvgIpc) is 2.05. The highest BCUT2D eigenvalue weighted by molar-refractivity contribution is 5.76. The van der Waals surface area contributed by atoms with Crippen LogP contribution in [0.4, 0.5) is 0 Å². The van der Waals surface area contributed by atoms with Crippen molar-refractivity contribution in [2.75, 3.05) is 0 Å². The van der Waals surface area contributed by atoms with Gasteiger partial charge in [0, 0.05) is 6.21 Å². The van der Waals surface area contributed by atoms with Gasteiger partial charge in [0.2, 0.25) is 5.96 Å². The van der Waals surface area contributed by atoms with Gasteiger partial charge in [0.1, 0.15) is 0 Å². The largest absolute Gasteiger partial charge is 0.369 e. The van der Waals surface area contributed by atoms with Crippen LogP contribution in [0.15, 0.2) is 22.4 Å². The SMILES string of the molecule is NC(N)=NN=C[C@@H]1CC=CCC1. The third-order valence-corrected chi connectivity index (χ3v) is 1.76. The maximum Gasteiger partial charge on any atom is 0.211 e. The summed E-state index contributed by atoms with van der Waals surface area (Å²) in [4.78, 5) is 0. The van der Waals surface area contributed by atoms with Crippen LogP contribution in [0, 0.1) is 5.92 Å². The first kappa shape index (κ1) is 8.77. The molecule has 1 aliphatic carbocycles. The maximum absolute atomic E-state index is 5.11. The van der Waals surface area contributed by atoms with Gasteiger partial charge in [0.15, 0.2) is 0 Å². The fourth-order valence-electron chi connectivity index (χ4n) is 1.15. The topological polar surface area (TPSA) is 76.8 Å². The van der Waals surface area contributed by atoms with Gasteiger partial charge >= 0.3 is 0 Å². The summed E-state index contributed by atoms with van der Waals surface area (Å²) in [6, 6.07) is 0. The molecule has 66 valence electrons. The van der Waals surface area contributed by atoms with Gasteiger partial charge in [-0.15, -0.1) is 5.10 Å². The summed E-state index contributed by atoms with van der Waals surface area (Å²) in [5.74, 6) is 0.510. The number of guanidine groups is 1. The Kier molecular flexibility index (Phi) is 3.32. The monoisotopic (exact) mass is 166 g/mol. The molecule has 0 saturated heterocycles. The number of rotatable bonds is 2. The van der Waals surface area contributed by atoms with Gasteiger partial charge in [-0.1, -0.05) is 12.2 Å². The molecule has 4 nitrogen and oxygen atoms in total. The number of hydrogen-bond donors (Lipinski definition) is 2. The first-order chi connectivity index (χ1) is 5.79. The van der Waals surface area contributed by atoms with Crippen LogP contribution >= 0.6 is 0 Å². The van der Waals surface area contributed by atoms with Crippen LogP contribution < -0.4 is 11.5 Å². The molecule has 0 aromatic heterocycles. The van der Waals surface area contributed by atoms with Gasteiger partial charge < -0.3 is 11.5 Å². The second kappa shape index (κ2) is 4.54. The minimum absolute atomic E-state index is 0.0117. The van der Waals surface area contributed by atoms with E-state index in [0.717, 1.165) is 19.3 Å². The van der Waals surface area contributed by atoms with Crippen molar-refractivity contribution in [1.82, 2.24) is 0 Å². The van der Waals surface area contributed by atoms with E-state index in [2.05, 4.69) is 22.4 Å². The van der Waals surface area contributed by atoms with Crippen LogP contribution in [0.25, 0.3) is 0 Å². The van der Waals surface area contributed by atoms with Crippen molar-refractivity contribution in [3.8, 4) is 0 Å². The summed E-state index contributed by atoms with van der Waals surface area (Å²) in [5, 5.41) is 7.31.